The first-order chi connectivity index (χ1) is 9.74. The number of ether oxygens (including phenoxy) is 2. The van der Waals surface area contributed by atoms with Gasteiger partial charge in [0, 0.05) is 0 Å². The Morgan fingerprint density at radius 3 is 3.05 bits per heavy atom. The van der Waals surface area contributed by atoms with Crippen molar-refractivity contribution in [2.24, 2.45) is 11.8 Å². The van der Waals surface area contributed by atoms with E-state index in [4.69, 9.17) is 9.47 Å². The Labute approximate surface area is 120 Å². The summed E-state index contributed by atoms with van der Waals surface area (Å²) in [6.45, 7) is 4.06. The maximum Gasteiger partial charge on any atom is 0.309 e. The molecule has 1 N–H and O–H groups in total. The number of methoxy groups -OCH3 is 1. The molecule has 0 saturated carbocycles. The van der Waals surface area contributed by atoms with E-state index in [2.05, 4.69) is 11.4 Å². The Balaban J connectivity index is 2.06. The van der Waals surface area contributed by atoms with E-state index >= 15 is 0 Å². The van der Waals surface area contributed by atoms with Crippen molar-refractivity contribution in [1.82, 2.24) is 5.32 Å². The molecule has 20 heavy (non-hydrogen) atoms. The van der Waals surface area contributed by atoms with E-state index in [0.717, 1.165) is 31.7 Å². The predicted octanol–water partition coefficient (Wildman–Crippen LogP) is 2.03. The van der Waals surface area contributed by atoms with Gasteiger partial charge in [-0.15, -0.1) is 0 Å². The highest BCUT2D eigenvalue weighted by molar-refractivity contribution is 5.73. The lowest BCUT2D eigenvalue weighted by molar-refractivity contribution is -0.150. The fraction of sp³-hybridized carbons (Fsp3) is 0.562. The second kappa shape index (κ2) is 7.29. The third-order valence-corrected chi connectivity index (χ3v) is 3.83. The number of rotatable bonds is 5. The molecule has 0 amide bonds. The van der Waals surface area contributed by atoms with Gasteiger partial charge in [0.05, 0.1) is 19.6 Å². The normalized spacial score (nSPS) is 22.3. The molecule has 1 saturated heterocycles. The molecule has 1 aliphatic heterocycles. The van der Waals surface area contributed by atoms with E-state index in [1.807, 2.05) is 25.1 Å². The summed E-state index contributed by atoms with van der Waals surface area (Å²) in [6.07, 6.45) is 1.72. The number of nitrogens with one attached hydrogen (secondary N) is 1. The minimum absolute atomic E-state index is 0.00222. The highest BCUT2D eigenvalue weighted by atomic mass is 16.5. The highest BCUT2D eigenvalue weighted by Gasteiger charge is 2.31. The molecule has 1 heterocycles. The zero-order valence-electron chi connectivity index (χ0n) is 12.2. The first kappa shape index (κ1) is 14.9. The Morgan fingerprint density at radius 2 is 2.30 bits per heavy atom. The molecule has 2 unspecified atom stereocenters. The number of hydrogen-bond acceptors (Lipinski definition) is 4. The van der Waals surface area contributed by atoms with Crippen LogP contribution in [0.1, 0.15) is 18.9 Å². The van der Waals surface area contributed by atoms with Crippen molar-refractivity contribution in [3.05, 3.63) is 29.8 Å². The summed E-state index contributed by atoms with van der Waals surface area (Å²) in [6, 6.07) is 8.05. The summed E-state index contributed by atoms with van der Waals surface area (Å²) in [5.41, 5.74) is 1.20. The van der Waals surface area contributed by atoms with E-state index in [1.165, 1.54) is 5.56 Å². The number of esters is 1. The number of benzene rings is 1. The van der Waals surface area contributed by atoms with E-state index in [-0.39, 0.29) is 17.8 Å². The van der Waals surface area contributed by atoms with Gasteiger partial charge in [-0.3, -0.25) is 4.79 Å². The number of carbonyl (C=O) groups excluding carboxylic acids is 1. The van der Waals surface area contributed by atoms with Crippen LogP contribution in [0.4, 0.5) is 0 Å². The summed E-state index contributed by atoms with van der Waals surface area (Å²) < 4.78 is 10.5. The van der Waals surface area contributed by atoms with Crippen LogP contribution in [0.25, 0.3) is 0 Å². The van der Waals surface area contributed by atoms with Crippen LogP contribution < -0.4 is 10.1 Å². The molecule has 0 aliphatic carbocycles. The number of piperidine rings is 1. The van der Waals surface area contributed by atoms with Gasteiger partial charge in [0.25, 0.3) is 0 Å². The van der Waals surface area contributed by atoms with Crippen LogP contribution in [-0.4, -0.2) is 32.8 Å². The molecule has 2 atom stereocenters. The van der Waals surface area contributed by atoms with Gasteiger partial charge in [-0.1, -0.05) is 12.1 Å². The average molecular weight is 277 g/mol. The van der Waals surface area contributed by atoms with Crippen LogP contribution >= 0.6 is 0 Å². The quantitative estimate of drug-likeness (QED) is 0.837. The zero-order chi connectivity index (χ0) is 14.4. The standard InChI is InChI=1S/C16H23NO3/c1-3-20-16(18)15-7-8-17-11-13(15)9-12-5-4-6-14(10-12)19-2/h4-6,10,13,15,17H,3,7-9,11H2,1-2H3. The SMILES string of the molecule is CCOC(=O)C1CCNCC1Cc1cccc(OC)c1. The summed E-state index contributed by atoms with van der Waals surface area (Å²) >= 11 is 0. The molecular weight excluding hydrogens is 254 g/mol. The largest absolute Gasteiger partial charge is 0.497 e. The van der Waals surface area contributed by atoms with Crippen LogP contribution in [0.15, 0.2) is 24.3 Å². The van der Waals surface area contributed by atoms with Crippen molar-refractivity contribution >= 4 is 5.97 Å². The van der Waals surface area contributed by atoms with E-state index < -0.39 is 0 Å². The summed E-state index contributed by atoms with van der Waals surface area (Å²) in [4.78, 5) is 12.0. The summed E-state index contributed by atoms with van der Waals surface area (Å²) in [7, 11) is 1.67. The van der Waals surface area contributed by atoms with Crippen LogP contribution in [0.5, 0.6) is 5.75 Å². The van der Waals surface area contributed by atoms with Crippen molar-refractivity contribution in [3.63, 3.8) is 0 Å². The minimum Gasteiger partial charge on any atom is -0.497 e. The third kappa shape index (κ3) is 3.73. The smallest absolute Gasteiger partial charge is 0.309 e. The molecule has 1 fully saturated rings. The van der Waals surface area contributed by atoms with Gasteiger partial charge in [-0.2, -0.15) is 0 Å². The summed E-state index contributed by atoms with van der Waals surface area (Å²) in [5, 5.41) is 3.37. The first-order valence-electron chi connectivity index (χ1n) is 7.25. The first-order valence-corrected chi connectivity index (χ1v) is 7.25. The Hall–Kier alpha value is -1.55. The van der Waals surface area contributed by atoms with E-state index in [9.17, 15) is 4.79 Å². The molecule has 2 rings (SSSR count). The summed E-state index contributed by atoms with van der Waals surface area (Å²) in [5.74, 6) is 1.10. The fourth-order valence-electron chi connectivity index (χ4n) is 2.80. The molecule has 1 aromatic rings. The molecule has 1 aromatic carbocycles. The molecule has 0 aromatic heterocycles. The molecule has 0 bridgehead atoms. The van der Waals surface area contributed by atoms with Crippen molar-refractivity contribution in [2.75, 3.05) is 26.8 Å². The van der Waals surface area contributed by atoms with Crippen molar-refractivity contribution in [2.45, 2.75) is 19.8 Å². The topological polar surface area (TPSA) is 47.6 Å². The van der Waals surface area contributed by atoms with Crippen LogP contribution in [0.2, 0.25) is 0 Å². The van der Waals surface area contributed by atoms with Crippen LogP contribution in [0.3, 0.4) is 0 Å². The van der Waals surface area contributed by atoms with Gasteiger partial charge in [-0.25, -0.2) is 0 Å². The molecule has 110 valence electrons. The monoisotopic (exact) mass is 277 g/mol. The lowest BCUT2D eigenvalue weighted by Gasteiger charge is -2.30. The molecule has 4 nitrogen and oxygen atoms in total. The van der Waals surface area contributed by atoms with Crippen LogP contribution in [0, 0.1) is 11.8 Å². The maximum atomic E-state index is 12.0. The van der Waals surface area contributed by atoms with Gasteiger partial charge in [0.1, 0.15) is 5.75 Å². The number of hydrogen-bond donors (Lipinski definition) is 1. The maximum absolute atomic E-state index is 12.0. The fourth-order valence-corrected chi connectivity index (χ4v) is 2.80. The molecule has 1 aliphatic rings. The predicted molar refractivity (Wildman–Crippen MR) is 77.8 cm³/mol. The second-order valence-corrected chi connectivity index (χ2v) is 5.17. The molecule has 4 heteroatoms. The molecular formula is C16H23NO3. The number of carbonyl (C=O) groups is 1. The van der Waals surface area contributed by atoms with Crippen LogP contribution in [-0.2, 0) is 16.0 Å². The van der Waals surface area contributed by atoms with Gasteiger partial charge < -0.3 is 14.8 Å². The van der Waals surface area contributed by atoms with E-state index in [1.54, 1.807) is 7.11 Å². The molecule has 0 spiro atoms. The minimum atomic E-state index is -0.0538. The Kier molecular flexibility index (Phi) is 5.41. The van der Waals surface area contributed by atoms with E-state index in [0.29, 0.717) is 6.61 Å². The average Bonchev–Trinajstić information content (AvgIpc) is 2.48. The third-order valence-electron chi connectivity index (χ3n) is 3.83. The van der Waals surface area contributed by atoms with Gasteiger partial charge >= 0.3 is 5.97 Å². The Bertz CT molecular complexity index is 447. The highest BCUT2D eigenvalue weighted by Crippen LogP contribution is 2.26. The molecule has 0 radical (unpaired) electrons. The van der Waals surface area contributed by atoms with Gasteiger partial charge in [0.2, 0.25) is 0 Å². The van der Waals surface area contributed by atoms with Crippen molar-refractivity contribution < 1.29 is 14.3 Å². The zero-order valence-corrected chi connectivity index (χ0v) is 12.2. The lowest BCUT2D eigenvalue weighted by atomic mass is 9.82. The van der Waals surface area contributed by atoms with Gasteiger partial charge in [-0.05, 0) is 56.5 Å². The second-order valence-electron chi connectivity index (χ2n) is 5.17. The lowest BCUT2D eigenvalue weighted by Crippen LogP contribution is -2.41. The van der Waals surface area contributed by atoms with Crippen molar-refractivity contribution in [3.8, 4) is 5.75 Å². The van der Waals surface area contributed by atoms with Crippen molar-refractivity contribution in [1.29, 1.82) is 0 Å². The van der Waals surface area contributed by atoms with Gasteiger partial charge in [0.15, 0.2) is 0 Å². The Morgan fingerprint density at radius 1 is 1.45 bits per heavy atom.